The molecule has 2 aromatic rings. The van der Waals surface area contributed by atoms with Gasteiger partial charge >= 0.3 is 0 Å². The maximum Gasteiger partial charge on any atom is 0.123 e. The van der Waals surface area contributed by atoms with Gasteiger partial charge in [-0.15, -0.1) is 0 Å². The van der Waals surface area contributed by atoms with Crippen molar-refractivity contribution in [2.75, 3.05) is 0 Å². The molecule has 0 saturated heterocycles. The molecule has 0 heterocycles. The fourth-order valence-corrected chi connectivity index (χ4v) is 4.54. The first-order chi connectivity index (χ1) is 14.4. The number of nitrogens with one attached hydrogen (secondary N) is 2. The molecule has 1 saturated carbocycles. The molecule has 2 aromatic carbocycles. The topological polar surface area (TPSA) is 64.5 Å². The van der Waals surface area contributed by atoms with E-state index in [-0.39, 0.29) is 0 Å². The third kappa shape index (κ3) is 5.35. The van der Waals surface area contributed by atoms with E-state index in [1.54, 1.807) is 0 Å². The number of benzene rings is 2. The van der Waals surface area contributed by atoms with Crippen LogP contribution in [0, 0.1) is 0 Å². The Morgan fingerprint density at radius 1 is 0.733 bits per heavy atom. The summed E-state index contributed by atoms with van der Waals surface area (Å²) < 4.78 is 0. The predicted octanol–water partition coefficient (Wildman–Crippen LogP) is 5.54. The number of rotatable bonds is 8. The van der Waals surface area contributed by atoms with E-state index >= 15 is 0 Å². The molecular formula is C26H38N2O2. The van der Waals surface area contributed by atoms with E-state index in [9.17, 15) is 10.2 Å². The highest BCUT2D eigenvalue weighted by Gasteiger charge is 2.25. The van der Waals surface area contributed by atoms with E-state index in [1.165, 1.54) is 12.8 Å². The minimum Gasteiger partial charge on any atom is -0.507 e. The fraction of sp³-hybridized carbons (Fsp3) is 0.538. The largest absolute Gasteiger partial charge is 0.507 e. The number of phenolic OH excluding ortho intramolecular Hbond substituents is 2. The van der Waals surface area contributed by atoms with Crippen LogP contribution >= 0.6 is 0 Å². The molecule has 1 aliphatic carbocycles. The first-order valence-corrected chi connectivity index (χ1v) is 11.5. The lowest BCUT2D eigenvalue weighted by Gasteiger charge is -2.33. The molecule has 4 nitrogen and oxygen atoms in total. The summed E-state index contributed by atoms with van der Waals surface area (Å²) in [5.74, 6) is 1.47. The zero-order chi connectivity index (χ0) is 21.7. The average molecular weight is 411 g/mol. The Balaban J connectivity index is 1.64. The van der Waals surface area contributed by atoms with Gasteiger partial charge in [0, 0.05) is 36.3 Å². The molecule has 0 bridgehead atoms. The van der Waals surface area contributed by atoms with E-state index < -0.39 is 0 Å². The second-order valence-corrected chi connectivity index (χ2v) is 9.28. The van der Waals surface area contributed by atoms with Crippen molar-refractivity contribution in [3.63, 3.8) is 0 Å². The van der Waals surface area contributed by atoms with Crippen LogP contribution in [-0.2, 0) is 13.1 Å². The van der Waals surface area contributed by atoms with Gasteiger partial charge in [-0.25, -0.2) is 0 Å². The lowest BCUT2D eigenvalue weighted by molar-refractivity contribution is 0.279. The third-order valence-corrected chi connectivity index (χ3v) is 6.42. The highest BCUT2D eigenvalue weighted by Crippen LogP contribution is 2.30. The van der Waals surface area contributed by atoms with Crippen LogP contribution in [0.2, 0.25) is 0 Å². The van der Waals surface area contributed by atoms with Crippen molar-refractivity contribution in [1.82, 2.24) is 10.6 Å². The van der Waals surface area contributed by atoms with E-state index in [2.05, 4.69) is 38.3 Å². The van der Waals surface area contributed by atoms with Crippen LogP contribution < -0.4 is 10.6 Å². The Hall–Kier alpha value is -2.04. The zero-order valence-corrected chi connectivity index (χ0v) is 18.9. The average Bonchev–Trinajstić information content (AvgIpc) is 2.72. The normalized spacial score (nSPS) is 19.5. The zero-order valence-electron chi connectivity index (χ0n) is 18.9. The molecule has 1 fully saturated rings. The van der Waals surface area contributed by atoms with Crippen molar-refractivity contribution in [1.29, 1.82) is 0 Å². The van der Waals surface area contributed by atoms with Crippen LogP contribution in [0.5, 0.6) is 11.5 Å². The summed E-state index contributed by atoms with van der Waals surface area (Å²) in [5, 5.41) is 28.6. The molecule has 0 radical (unpaired) electrons. The molecular weight excluding hydrogens is 372 g/mol. The maximum atomic E-state index is 10.6. The number of hydrogen-bond acceptors (Lipinski definition) is 4. The van der Waals surface area contributed by atoms with Gasteiger partial charge in [-0.1, -0.05) is 76.9 Å². The maximum absolute atomic E-state index is 10.6. The summed E-state index contributed by atoms with van der Waals surface area (Å²) in [6.45, 7) is 9.77. The Labute approximate surface area is 181 Å². The second kappa shape index (κ2) is 10.3. The molecule has 0 aliphatic heterocycles. The van der Waals surface area contributed by atoms with E-state index in [0.717, 1.165) is 35.1 Å². The third-order valence-electron chi connectivity index (χ3n) is 6.42. The first-order valence-electron chi connectivity index (χ1n) is 11.5. The number of para-hydroxylation sites is 2. The van der Waals surface area contributed by atoms with Crippen LogP contribution in [0.4, 0.5) is 0 Å². The Morgan fingerprint density at radius 2 is 1.13 bits per heavy atom. The smallest absolute Gasteiger partial charge is 0.123 e. The van der Waals surface area contributed by atoms with Crippen molar-refractivity contribution >= 4 is 0 Å². The van der Waals surface area contributed by atoms with Crippen LogP contribution in [0.1, 0.15) is 87.5 Å². The van der Waals surface area contributed by atoms with Gasteiger partial charge in [-0.05, 0) is 35.8 Å². The molecule has 0 amide bonds. The summed E-state index contributed by atoms with van der Waals surface area (Å²) in [5.41, 5.74) is 3.95. The van der Waals surface area contributed by atoms with Crippen LogP contribution in [-0.4, -0.2) is 22.3 Å². The lowest BCUT2D eigenvalue weighted by atomic mass is 9.89. The summed E-state index contributed by atoms with van der Waals surface area (Å²) in [4.78, 5) is 0. The van der Waals surface area contributed by atoms with Gasteiger partial charge in [0.15, 0.2) is 0 Å². The molecule has 30 heavy (non-hydrogen) atoms. The fourth-order valence-electron chi connectivity index (χ4n) is 4.54. The molecule has 4 N–H and O–H groups in total. The standard InChI is InChI=1S/C26H38N2O2/c1-17(2)21-11-7-9-19(25(21)29)15-27-23-13-5-6-14-24(23)28-16-20-10-8-12-22(18(3)4)26(20)30/h7-12,17-18,23-24,27-30H,5-6,13-16H2,1-4H3. The van der Waals surface area contributed by atoms with E-state index in [0.29, 0.717) is 48.5 Å². The molecule has 2 unspecified atom stereocenters. The van der Waals surface area contributed by atoms with Crippen LogP contribution in [0.15, 0.2) is 36.4 Å². The molecule has 2 atom stereocenters. The quantitative estimate of drug-likeness (QED) is 0.462. The number of hydrogen-bond donors (Lipinski definition) is 4. The Kier molecular flexibility index (Phi) is 7.79. The van der Waals surface area contributed by atoms with Crippen molar-refractivity contribution in [2.24, 2.45) is 0 Å². The number of aromatic hydroxyl groups is 2. The van der Waals surface area contributed by atoms with Crippen LogP contribution in [0.25, 0.3) is 0 Å². The monoisotopic (exact) mass is 410 g/mol. The van der Waals surface area contributed by atoms with E-state index in [4.69, 9.17) is 0 Å². The minimum atomic E-state index is 0.309. The highest BCUT2D eigenvalue weighted by atomic mass is 16.3. The van der Waals surface area contributed by atoms with Gasteiger partial charge in [0.1, 0.15) is 11.5 Å². The van der Waals surface area contributed by atoms with Gasteiger partial charge in [0.2, 0.25) is 0 Å². The van der Waals surface area contributed by atoms with Crippen molar-refractivity contribution in [3.05, 3.63) is 58.7 Å². The molecule has 4 heteroatoms. The van der Waals surface area contributed by atoms with Gasteiger partial charge < -0.3 is 20.8 Å². The molecule has 3 rings (SSSR count). The first kappa shape index (κ1) is 22.6. The van der Waals surface area contributed by atoms with E-state index in [1.807, 2.05) is 36.4 Å². The van der Waals surface area contributed by atoms with Crippen LogP contribution in [0.3, 0.4) is 0 Å². The van der Waals surface area contributed by atoms with Gasteiger partial charge in [0.25, 0.3) is 0 Å². The molecule has 0 aromatic heterocycles. The molecule has 1 aliphatic rings. The predicted molar refractivity (Wildman–Crippen MR) is 124 cm³/mol. The highest BCUT2D eigenvalue weighted by molar-refractivity contribution is 5.43. The molecule has 0 spiro atoms. The van der Waals surface area contributed by atoms with Crippen molar-refractivity contribution < 1.29 is 10.2 Å². The molecule has 164 valence electrons. The summed E-state index contributed by atoms with van der Waals surface area (Å²) in [6.07, 6.45) is 4.70. The lowest BCUT2D eigenvalue weighted by Crippen LogP contribution is -2.49. The number of phenols is 2. The second-order valence-electron chi connectivity index (χ2n) is 9.28. The van der Waals surface area contributed by atoms with Crippen molar-refractivity contribution in [3.8, 4) is 11.5 Å². The summed E-state index contributed by atoms with van der Waals surface area (Å²) in [7, 11) is 0. The summed E-state index contributed by atoms with van der Waals surface area (Å²) >= 11 is 0. The van der Waals surface area contributed by atoms with Gasteiger partial charge in [0.05, 0.1) is 0 Å². The van der Waals surface area contributed by atoms with Gasteiger partial charge in [-0.3, -0.25) is 0 Å². The Bertz CT molecular complexity index is 762. The van der Waals surface area contributed by atoms with Crippen molar-refractivity contribution in [2.45, 2.75) is 90.4 Å². The SMILES string of the molecule is CC(C)c1cccc(CNC2CCCCC2NCc2cccc(C(C)C)c2O)c1O. The summed E-state index contributed by atoms with van der Waals surface area (Å²) in [6, 6.07) is 12.8. The van der Waals surface area contributed by atoms with Gasteiger partial charge in [-0.2, -0.15) is 0 Å². The Morgan fingerprint density at radius 3 is 1.50 bits per heavy atom. The minimum absolute atomic E-state index is 0.309.